The van der Waals surface area contributed by atoms with Gasteiger partial charge in [0.2, 0.25) is 0 Å². The first-order chi connectivity index (χ1) is 24.8. The lowest BCUT2D eigenvalue weighted by atomic mass is 10.1. The maximum atomic E-state index is 12.9. The minimum absolute atomic E-state index is 0.0460. The summed E-state index contributed by atoms with van der Waals surface area (Å²) in [4.78, 5) is 57.4. The van der Waals surface area contributed by atoms with Gasteiger partial charge in [-0.15, -0.1) is 0 Å². The topological polar surface area (TPSA) is 199 Å². The standard InChI is InChI=1S/C19H17BrN6O2.C15H10BrN5O2/c20-15-14-17(24-13-2-1-11-8-21-9-12(11)7-13)22-10-23-18(14)25-16(15)19(27)26-3-5-28-6-4-26;16-11-10-13(18-6-19-14(10)21-12(11)15(22)23)20-9-2-1-7-4-17-5-8(7)3-9/h1-2,7,9-10H,3-6,8H2,(H2,22,23,24,25);1-3,5-6H,4H2,(H,22,23)(H2,18,19,20,21). The van der Waals surface area contributed by atoms with Gasteiger partial charge in [-0.05, 0) is 78.4 Å². The summed E-state index contributed by atoms with van der Waals surface area (Å²) in [5, 5.41) is 17.1. The summed E-state index contributed by atoms with van der Waals surface area (Å²) in [5.74, 6) is 0.0204. The second kappa shape index (κ2) is 13.7. The fourth-order valence-corrected chi connectivity index (χ4v) is 7.30. The van der Waals surface area contributed by atoms with Crippen molar-refractivity contribution in [2.75, 3.05) is 36.9 Å². The average Bonchev–Trinajstić information content (AvgIpc) is 3.94. The van der Waals surface area contributed by atoms with E-state index in [4.69, 9.17) is 4.74 Å². The molecule has 5 N–H and O–H groups in total. The minimum Gasteiger partial charge on any atom is -0.477 e. The third-order valence-electron chi connectivity index (χ3n) is 8.59. The number of nitrogens with one attached hydrogen (secondary N) is 4. The summed E-state index contributed by atoms with van der Waals surface area (Å²) in [6.07, 6.45) is 6.58. The predicted octanol–water partition coefficient (Wildman–Crippen LogP) is 5.96. The van der Waals surface area contributed by atoms with Crippen LogP contribution in [0.15, 0.2) is 68.0 Å². The molecule has 0 saturated carbocycles. The van der Waals surface area contributed by atoms with Crippen LogP contribution in [0.4, 0.5) is 23.0 Å². The second-order valence-electron chi connectivity index (χ2n) is 11.7. The van der Waals surface area contributed by atoms with Gasteiger partial charge in [-0.25, -0.2) is 24.7 Å². The third-order valence-corrected chi connectivity index (χ3v) is 10.2. The van der Waals surface area contributed by atoms with Gasteiger partial charge in [0.15, 0.2) is 0 Å². The van der Waals surface area contributed by atoms with Crippen molar-refractivity contribution in [2.24, 2.45) is 9.98 Å². The molecule has 15 nitrogen and oxygen atoms in total. The smallest absolute Gasteiger partial charge is 0.353 e. The number of H-pyrrole nitrogens is 2. The molecule has 1 fully saturated rings. The Hall–Kier alpha value is -5.52. The molecule has 3 aliphatic heterocycles. The fraction of sp³-hybridized carbons (Fsp3) is 0.176. The van der Waals surface area contributed by atoms with E-state index < -0.39 is 5.97 Å². The number of hydrogen-bond donors (Lipinski definition) is 5. The van der Waals surface area contributed by atoms with E-state index in [-0.39, 0.29) is 11.6 Å². The van der Waals surface area contributed by atoms with Crippen LogP contribution in [0.1, 0.15) is 43.2 Å². The van der Waals surface area contributed by atoms with Gasteiger partial charge in [0.05, 0.1) is 46.0 Å². The summed E-state index contributed by atoms with van der Waals surface area (Å²) in [6, 6.07) is 12.0. The largest absolute Gasteiger partial charge is 0.477 e. The average molecular weight is 813 g/mol. The number of rotatable bonds is 6. The van der Waals surface area contributed by atoms with Gasteiger partial charge >= 0.3 is 5.97 Å². The highest BCUT2D eigenvalue weighted by molar-refractivity contribution is 9.11. The number of benzene rings is 2. The Labute approximate surface area is 306 Å². The number of anilines is 4. The highest BCUT2D eigenvalue weighted by atomic mass is 79.9. The molecule has 0 radical (unpaired) electrons. The predicted molar refractivity (Wildman–Crippen MR) is 199 cm³/mol. The molecule has 1 saturated heterocycles. The van der Waals surface area contributed by atoms with Crippen LogP contribution in [0.5, 0.6) is 0 Å². The molecule has 17 heteroatoms. The number of aromatic carboxylic acids is 1. The lowest BCUT2D eigenvalue weighted by Gasteiger charge is -2.26. The molecule has 7 heterocycles. The molecular weight excluding hydrogens is 786 g/mol. The maximum Gasteiger partial charge on any atom is 0.353 e. The zero-order valence-corrected chi connectivity index (χ0v) is 29.7. The number of carbonyl (C=O) groups excluding carboxylic acids is 1. The molecule has 0 spiro atoms. The van der Waals surface area contributed by atoms with Crippen molar-refractivity contribution >= 4 is 101 Å². The van der Waals surface area contributed by atoms with E-state index in [1.807, 2.05) is 42.8 Å². The van der Waals surface area contributed by atoms with Crippen LogP contribution >= 0.6 is 31.9 Å². The van der Waals surface area contributed by atoms with E-state index in [1.165, 1.54) is 23.8 Å². The Morgan fingerprint density at radius 1 is 0.745 bits per heavy atom. The SMILES string of the molecule is O=C(O)c1[nH]c2ncnc(Nc3ccc4c(c3)C=NC4)c2c1Br.O=C(c1[nH]c2ncnc(Nc3ccc4c(c3)C=NC4)c2c1Br)N1CCOCC1. The van der Waals surface area contributed by atoms with Gasteiger partial charge in [-0.3, -0.25) is 14.8 Å². The molecule has 6 aromatic rings. The minimum atomic E-state index is -1.06. The van der Waals surface area contributed by atoms with E-state index in [0.717, 1.165) is 34.4 Å². The Morgan fingerprint density at radius 3 is 1.78 bits per heavy atom. The Morgan fingerprint density at radius 2 is 1.25 bits per heavy atom. The number of aromatic amines is 2. The lowest BCUT2D eigenvalue weighted by molar-refractivity contribution is 0.0299. The summed E-state index contributed by atoms with van der Waals surface area (Å²) < 4.78 is 6.41. The summed E-state index contributed by atoms with van der Waals surface area (Å²) in [5.41, 5.74) is 7.89. The molecule has 0 atom stereocenters. The van der Waals surface area contributed by atoms with E-state index in [2.05, 4.69) is 88.4 Å². The van der Waals surface area contributed by atoms with Crippen LogP contribution in [0.25, 0.3) is 22.1 Å². The van der Waals surface area contributed by atoms with Crippen LogP contribution < -0.4 is 10.6 Å². The lowest BCUT2D eigenvalue weighted by Crippen LogP contribution is -2.40. The molecule has 51 heavy (non-hydrogen) atoms. The van der Waals surface area contributed by atoms with Gasteiger partial charge in [-0.2, -0.15) is 0 Å². The molecule has 2 aromatic carbocycles. The van der Waals surface area contributed by atoms with Gasteiger partial charge in [0.1, 0.15) is 47.0 Å². The first-order valence-electron chi connectivity index (χ1n) is 15.8. The number of hydrogen-bond acceptors (Lipinski definition) is 11. The van der Waals surface area contributed by atoms with Crippen LogP contribution in [0, 0.1) is 0 Å². The number of carboxylic acids is 1. The zero-order valence-electron chi connectivity index (χ0n) is 26.6. The Kier molecular flexibility index (Phi) is 8.75. The van der Waals surface area contributed by atoms with Crippen molar-refractivity contribution in [2.45, 2.75) is 13.1 Å². The van der Waals surface area contributed by atoms with Crippen LogP contribution in [0.3, 0.4) is 0 Å². The number of nitrogens with zero attached hydrogens (tertiary/aromatic N) is 7. The summed E-state index contributed by atoms with van der Waals surface area (Å²) in [6.45, 7) is 3.69. The van der Waals surface area contributed by atoms with E-state index in [9.17, 15) is 14.7 Å². The number of amides is 1. The van der Waals surface area contributed by atoms with Crippen molar-refractivity contribution in [1.29, 1.82) is 0 Å². The van der Waals surface area contributed by atoms with Crippen LogP contribution in [0.2, 0.25) is 0 Å². The number of morpholine rings is 1. The number of halogens is 2. The fourth-order valence-electron chi connectivity index (χ4n) is 6.01. The van der Waals surface area contributed by atoms with Gasteiger partial charge in [-0.1, -0.05) is 12.1 Å². The molecule has 0 unspecified atom stereocenters. The molecule has 256 valence electrons. The van der Waals surface area contributed by atoms with Gasteiger partial charge in [0.25, 0.3) is 5.91 Å². The van der Waals surface area contributed by atoms with E-state index in [0.29, 0.717) is 75.8 Å². The zero-order chi connectivity index (χ0) is 35.1. The highest BCUT2D eigenvalue weighted by Crippen LogP contribution is 2.35. The normalized spacial score (nSPS) is 14.4. The number of fused-ring (bicyclic) bond motifs is 4. The summed E-state index contributed by atoms with van der Waals surface area (Å²) >= 11 is 6.90. The van der Waals surface area contributed by atoms with Crippen molar-refractivity contribution in [3.05, 3.63) is 91.6 Å². The molecule has 0 aliphatic carbocycles. The summed E-state index contributed by atoms with van der Waals surface area (Å²) in [7, 11) is 0. The van der Waals surface area contributed by atoms with Crippen molar-refractivity contribution in [3.63, 3.8) is 0 Å². The monoisotopic (exact) mass is 811 g/mol. The van der Waals surface area contributed by atoms with Crippen LogP contribution in [-0.2, 0) is 17.8 Å². The quantitative estimate of drug-likeness (QED) is 0.134. The van der Waals surface area contributed by atoms with E-state index >= 15 is 0 Å². The second-order valence-corrected chi connectivity index (χ2v) is 13.3. The first kappa shape index (κ1) is 32.7. The highest BCUT2D eigenvalue weighted by Gasteiger charge is 2.26. The van der Waals surface area contributed by atoms with E-state index in [1.54, 1.807) is 4.90 Å². The Balaban J connectivity index is 0.000000150. The van der Waals surface area contributed by atoms with Crippen LogP contribution in [-0.4, -0.2) is 90.5 Å². The molecule has 3 aliphatic rings. The molecular formula is C34H27Br2N11O4. The van der Waals surface area contributed by atoms with Gasteiger partial charge < -0.3 is 35.3 Å². The number of carboxylic acid groups (broad SMARTS) is 1. The van der Waals surface area contributed by atoms with Gasteiger partial charge in [0, 0.05) is 36.9 Å². The molecule has 0 bridgehead atoms. The van der Waals surface area contributed by atoms with Crippen molar-refractivity contribution in [1.82, 2.24) is 34.8 Å². The Bertz CT molecular complexity index is 2420. The number of ether oxygens (including phenoxy) is 1. The first-order valence-corrected chi connectivity index (χ1v) is 17.4. The maximum absolute atomic E-state index is 12.9. The van der Waals surface area contributed by atoms with Crippen molar-refractivity contribution in [3.8, 4) is 0 Å². The third kappa shape index (κ3) is 6.34. The number of aromatic nitrogens is 6. The molecule has 1 amide bonds. The number of carbonyl (C=O) groups is 2. The number of aliphatic imine (C=N–C) groups is 2. The molecule has 4 aromatic heterocycles. The van der Waals surface area contributed by atoms with Crippen molar-refractivity contribution < 1.29 is 19.4 Å². The molecule has 9 rings (SSSR count).